The quantitative estimate of drug-likeness (QED) is 0.751. The van der Waals surface area contributed by atoms with Crippen molar-refractivity contribution in [1.29, 1.82) is 0 Å². The molecule has 0 saturated heterocycles. The van der Waals surface area contributed by atoms with Crippen molar-refractivity contribution in [2.24, 2.45) is 0 Å². The van der Waals surface area contributed by atoms with Gasteiger partial charge in [0, 0.05) is 18.2 Å². The molecule has 0 bridgehead atoms. The molecule has 108 valence electrons. The average molecular weight is 279 g/mol. The highest BCUT2D eigenvalue weighted by Crippen LogP contribution is 2.28. The predicted octanol–water partition coefficient (Wildman–Crippen LogP) is 2.38. The van der Waals surface area contributed by atoms with Crippen LogP contribution in [0.25, 0.3) is 0 Å². The third kappa shape index (κ3) is 3.79. The van der Waals surface area contributed by atoms with Gasteiger partial charge in [0.25, 0.3) is 5.91 Å². The molecule has 0 heterocycles. The molecule has 0 aromatic heterocycles. The van der Waals surface area contributed by atoms with Crippen molar-refractivity contribution in [2.45, 2.75) is 32.2 Å². The van der Waals surface area contributed by atoms with E-state index in [9.17, 15) is 14.0 Å². The standard InChI is InChI=1S/C15H18FNO3/c1-2-20-14(18)9-10-17(13-7-8-13)15(19)11-3-5-12(16)6-4-11/h3-6,13H,2,7-10H2,1H3. The lowest BCUT2D eigenvalue weighted by molar-refractivity contribution is -0.143. The molecule has 1 amide bonds. The summed E-state index contributed by atoms with van der Waals surface area (Å²) in [4.78, 5) is 25.4. The lowest BCUT2D eigenvalue weighted by Crippen LogP contribution is -2.35. The average Bonchev–Trinajstić information content (AvgIpc) is 3.24. The molecule has 0 N–H and O–H groups in total. The van der Waals surface area contributed by atoms with E-state index in [1.54, 1.807) is 11.8 Å². The van der Waals surface area contributed by atoms with Crippen LogP contribution in [0.3, 0.4) is 0 Å². The Labute approximate surface area is 117 Å². The van der Waals surface area contributed by atoms with Crippen LogP contribution in [-0.2, 0) is 9.53 Å². The van der Waals surface area contributed by atoms with Crippen LogP contribution in [0.1, 0.15) is 36.5 Å². The Hall–Kier alpha value is -1.91. The second kappa shape index (κ2) is 6.50. The van der Waals surface area contributed by atoms with Gasteiger partial charge in [-0.2, -0.15) is 0 Å². The molecule has 4 nitrogen and oxygen atoms in total. The molecular formula is C15H18FNO3. The van der Waals surface area contributed by atoms with E-state index in [1.807, 2.05) is 0 Å². The summed E-state index contributed by atoms with van der Waals surface area (Å²) < 4.78 is 17.7. The van der Waals surface area contributed by atoms with Gasteiger partial charge in [-0.05, 0) is 44.0 Å². The number of hydrogen-bond donors (Lipinski definition) is 0. The zero-order valence-corrected chi connectivity index (χ0v) is 11.5. The summed E-state index contributed by atoms with van der Waals surface area (Å²) in [5.74, 6) is -0.826. The molecule has 1 aliphatic rings. The molecule has 0 atom stereocenters. The highest BCUT2D eigenvalue weighted by atomic mass is 19.1. The van der Waals surface area contributed by atoms with Gasteiger partial charge in [0.15, 0.2) is 0 Å². The second-order valence-electron chi connectivity index (χ2n) is 4.79. The first kappa shape index (κ1) is 14.5. The van der Waals surface area contributed by atoms with Gasteiger partial charge in [0.05, 0.1) is 13.0 Å². The van der Waals surface area contributed by atoms with Gasteiger partial charge >= 0.3 is 5.97 Å². The number of nitrogens with zero attached hydrogens (tertiary/aromatic N) is 1. The molecule has 20 heavy (non-hydrogen) atoms. The fourth-order valence-electron chi connectivity index (χ4n) is 2.04. The van der Waals surface area contributed by atoms with Gasteiger partial charge in [0.2, 0.25) is 0 Å². The Morgan fingerprint density at radius 3 is 2.50 bits per heavy atom. The number of esters is 1. The number of rotatable bonds is 6. The first-order valence-electron chi connectivity index (χ1n) is 6.84. The Balaban J connectivity index is 1.99. The molecule has 0 radical (unpaired) electrons. The number of ether oxygens (including phenoxy) is 1. The van der Waals surface area contributed by atoms with Gasteiger partial charge in [0.1, 0.15) is 5.82 Å². The smallest absolute Gasteiger partial charge is 0.307 e. The van der Waals surface area contributed by atoms with E-state index in [1.165, 1.54) is 24.3 Å². The summed E-state index contributed by atoms with van der Waals surface area (Å²) in [7, 11) is 0. The zero-order chi connectivity index (χ0) is 14.5. The number of carbonyl (C=O) groups excluding carboxylic acids is 2. The van der Waals surface area contributed by atoms with Crippen LogP contribution in [0.15, 0.2) is 24.3 Å². The van der Waals surface area contributed by atoms with E-state index in [-0.39, 0.29) is 30.2 Å². The summed E-state index contributed by atoms with van der Waals surface area (Å²) in [6.07, 6.45) is 2.10. The van der Waals surface area contributed by atoms with E-state index in [0.717, 1.165) is 12.8 Å². The summed E-state index contributed by atoms with van der Waals surface area (Å²) >= 11 is 0. The van der Waals surface area contributed by atoms with Crippen LogP contribution >= 0.6 is 0 Å². The predicted molar refractivity (Wildman–Crippen MR) is 71.7 cm³/mol. The maximum Gasteiger partial charge on any atom is 0.307 e. The van der Waals surface area contributed by atoms with Crippen molar-refractivity contribution in [3.63, 3.8) is 0 Å². The van der Waals surface area contributed by atoms with Crippen molar-refractivity contribution in [3.05, 3.63) is 35.6 Å². The largest absolute Gasteiger partial charge is 0.466 e. The molecule has 0 spiro atoms. The summed E-state index contributed by atoms with van der Waals surface area (Å²) in [5, 5.41) is 0. The molecule has 1 fully saturated rings. The van der Waals surface area contributed by atoms with Crippen LogP contribution in [0.2, 0.25) is 0 Å². The Bertz CT molecular complexity index is 482. The zero-order valence-electron chi connectivity index (χ0n) is 11.5. The summed E-state index contributed by atoms with van der Waals surface area (Å²) in [6, 6.07) is 5.67. The number of hydrogen-bond acceptors (Lipinski definition) is 3. The first-order valence-corrected chi connectivity index (χ1v) is 6.84. The minimum Gasteiger partial charge on any atom is -0.466 e. The lowest BCUT2D eigenvalue weighted by atomic mass is 10.2. The second-order valence-corrected chi connectivity index (χ2v) is 4.79. The fourth-order valence-corrected chi connectivity index (χ4v) is 2.04. The first-order chi connectivity index (χ1) is 9.61. The third-order valence-corrected chi connectivity index (χ3v) is 3.20. The molecule has 2 rings (SSSR count). The van der Waals surface area contributed by atoms with Gasteiger partial charge in [-0.1, -0.05) is 0 Å². The third-order valence-electron chi connectivity index (χ3n) is 3.20. The topological polar surface area (TPSA) is 46.6 Å². The normalized spacial score (nSPS) is 13.9. The fraction of sp³-hybridized carbons (Fsp3) is 0.467. The molecule has 0 aliphatic heterocycles. The van der Waals surface area contributed by atoms with Crippen LogP contribution in [0.4, 0.5) is 4.39 Å². The highest BCUT2D eigenvalue weighted by molar-refractivity contribution is 5.94. The van der Waals surface area contributed by atoms with Crippen LogP contribution in [-0.4, -0.2) is 36.0 Å². The van der Waals surface area contributed by atoms with Crippen molar-refractivity contribution in [1.82, 2.24) is 4.90 Å². The van der Waals surface area contributed by atoms with Gasteiger partial charge in [-0.3, -0.25) is 9.59 Å². The molecular weight excluding hydrogens is 261 g/mol. The summed E-state index contributed by atoms with van der Waals surface area (Å²) in [6.45, 7) is 2.44. The van der Waals surface area contributed by atoms with E-state index in [2.05, 4.69) is 0 Å². The van der Waals surface area contributed by atoms with Gasteiger partial charge < -0.3 is 9.64 Å². The minimum atomic E-state index is -0.369. The van der Waals surface area contributed by atoms with Gasteiger partial charge in [-0.15, -0.1) is 0 Å². The monoisotopic (exact) mass is 279 g/mol. The summed E-state index contributed by atoms with van der Waals surface area (Å²) in [5.41, 5.74) is 0.446. The maximum absolute atomic E-state index is 12.9. The Morgan fingerprint density at radius 2 is 1.95 bits per heavy atom. The molecule has 5 heteroatoms. The Kier molecular flexibility index (Phi) is 4.71. The molecule has 1 aromatic rings. The highest BCUT2D eigenvalue weighted by Gasteiger charge is 2.33. The maximum atomic E-state index is 12.9. The van der Waals surface area contributed by atoms with Crippen LogP contribution in [0.5, 0.6) is 0 Å². The van der Waals surface area contributed by atoms with Crippen molar-refractivity contribution in [3.8, 4) is 0 Å². The van der Waals surface area contributed by atoms with Crippen molar-refractivity contribution in [2.75, 3.05) is 13.2 Å². The van der Waals surface area contributed by atoms with E-state index < -0.39 is 0 Å². The number of carbonyl (C=O) groups is 2. The molecule has 1 aromatic carbocycles. The van der Waals surface area contributed by atoms with E-state index >= 15 is 0 Å². The molecule has 0 unspecified atom stereocenters. The Morgan fingerprint density at radius 1 is 1.30 bits per heavy atom. The van der Waals surface area contributed by atoms with E-state index in [4.69, 9.17) is 4.74 Å². The minimum absolute atomic E-state index is 0.156. The SMILES string of the molecule is CCOC(=O)CCN(C(=O)c1ccc(F)cc1)C1CC1. The lowest BCUT2D eigenvalue weighted by Gasteiger charge is -2.22. The van der Waals surface area contributed by atoms with Crippen molar-refractivity contribution >= 4 is 11.9 Å². The van der Waals surface area contributed by atoms with Crippen LogP contribution < -0.4 is 0 Å². The molecule has 1 aliphatic carbocycles. The van der Waals surface area contributed by atoms with E-state index in [0.29, 0.717) is 18.7 Å². The van der Waals surface area contributed by atoms with Gasteiger partial charge in [-0.25, -0.2) is 4.39 Å². The number of halogens is 1. The number of amides is 1. The van der Waals surface area contributed by atoms with Crippen molar-refractivity contribution < 1.29 is 18.7 Å². The molecule has 1 saturated carbocycles. The van der Waals surface area contributed by atoms with Crippen LogP contribution in [0, 0.1) is 5.82 Å². The number of benzene rings is 1.